The van der Waals surface area contributed by atoms with Crippen LogP contribution in [0, 0.1) is 0 Å². The summed E-state index contributed by atoms with van der Waals surface area (Å²) in [6.07, 6.45) is 0. The minimum absolute atomic E-state index is 0.588. The zero-order chi connectivity index (χ0) is 13.8. The summed E-state index contributed by atoms with van der Waals surface area (Å²) in [6.45, 7) is 0.588. The van der Waals surface area contributed by atoms with E-state index in [9.17, 15) is 0 Å². The highest BCUT2D eigenvalue weighted by molar-refractivity contribution is 7.21. The maximum Gasteiger partial charge on any atom is 0.293 e. The lowest BCUT2D eigenvalue weighted by Crippen LogP contribution is -2.39. The van der Waals surface area contributed by atoms with Gasteiger partial charge in [-0.15, -0.1) is 4.57 Å². The number of hydrogen-bond acceptors (Lipinski definition) is 2. The summed E-state index contributed by atoms with van der Waals surface area (Å²) in [5.41, 5.74) is 2.44. The number of benzene rings is 3. The van der Waals surface area contributed by atoms with E-state index in [1.54, 1.807) is 0 Å². The van der Waals surface area contributed by atoms with Gasteiger partial charge in [-0.3, -0.25) is 0 Å². The van der Waals surface area contributed by atoms with E-state index in [1.165, 1.54) is 31.6 Å². The molecule has 0 saturated heterocycles. The molecule has 0 bridgehead atoms. The Morgan fingerprint density at radius 1 is 0.905 bits per heavy atom. The van der Waals surface area contributed by atoms with Crippen LogP contribution in [-0.4, -0.2) is 0 Å². The van der Waals surface area contributed by atoms with Gasteiger partial charge < -0.3 is 4.74 Å². The molecule has 4 aromatic rings. The number of hydrogen-bond donors (Lipinski definition) is 0. The lowest BCUT2D eigenvalue weighted by Gasteiger charge is -2.12. The number of thiazole rings is 1. The quantitative estimate of drug-likeness (QED) is 0.439. The molecule has 0 radical (unpaired) electrons. The van der Waals surface area contributed by atoms with Crippen molar-refractivity contribution in [1.29, 1.82) is 0 Å². The Bertz CT molecular complexity index is 1000. The summed E-state index contributed by atoms with van der Waals surface area (Å²) in [6, 6.07) is 21.3. The van der Waals surface area contributed by atoms with Crippen LogP contribution >= 0.6 is 11.3 Å². The first kappa shape index (κ1) is 11.3. The number of nitrogens with zero attached hydrogens (tertiary/aromatic N) is 1. The van der Waals surface area contributed by atoms with Gasteiger partial charge in [0.15, 0.2) is 0 Å². The molecule has 0 atom stereocenters. The molecule has 0 unspecified atom stereocenters. The molecule has 0 aliphatic carbocycles. The molecule has 1 aliphatic heterocycles. The standard InChI is InChI=1S/C18H12NOS/c1-2-6-13-10-17-15(9-12(13)5-1)19-11-20-16-8-4-3-7-14(16)18(19)21-17/h1-10H,11H2/q+1. The highest BCUT2D eigenvalue weighted by Crippen LogP contribution is 2.38. The van der Waals surface area contributed by atoms with E-state index in [0.717, 1.165) is 5.75 Å². The van der Waals surface area contributed by atoms with Crippen molar-refractivity contribution in [3.63, 3.8) is 0 Å². The molecule has 100 valence electrons. The van der Waals surface area contributed by atoms with Gasteiger partial charge in [-0.2, -0.15) is 0 Å². The normalized spacial score (nSPS) is 13.0. The Kier molecular flexibility index (Phi) is 2.18. The Labute approximate surface area is 125 Å². The zero-order valence-corrected chi connectivity index (χ0v) is 12.1. The highest BCUT2D eigenvalue weighted by atomic mass is 32.1. The Morgan fingerprint density at radius 3 is 2.57 bits per heavy atom. The number of fused-ring (bicyclic) bond motifs is 6. The van der Waals surface area contributed by atoms with Crippen molar-refractivity contribution >= 4 is 32.3 Å². The molecule has 0 amide bonds. The smallest absolute Gasteiger partial charge is 0.293 e. The average Bonchev–Trinajstić information content (AvgIpc) is 2.90. The van der Waals surface area contributed by atoms with Crippen LogP contribution in [0.4, 0.5) is 0 Å². The molecule has 0 N–H and O–H groups in total. The molecular weight excluding hydrogens is 278 g/mol. The second kappa shape index (κ2) is 4.06. The molecule has 1 aliphatic rings. The molecule has 1 aromatic heterocycles. The molecule has 0 spiro atoms. The largest absolute Gasteiger partial charge is 0.435 e. The summed E-state index contributed by atoms with van der Waals surface area (Å²) in [7, 11) is 0. The van der Waals surface area contributed by atoms with Crippen LogP contribution < -0.4 is 9.30 Å². The third kappa shape index (κ3) is 1.55. The van der Waals surface area contributed by atoms with Crippen LogP contribution in [0.15, 0.2) is 60.7 Å². The van der Waals surface area contributed by atoms with E-state index in [1.807, 2.05) is 23.5 Å². The molecular formula is C18H12NOS+. The van der Waals surface area contributed by atoms with Crippen molar-refractivity contribution in [3.8, 4) is 16.3 Å². The SMILES string of the molecule is c1ccc2c(c1)OC[n+]1c-2sc2cc3ccccc3cc21. The fraction of sp³-hybridized carbons (Fsp3) is 0.0556. The molecule has 21 heavy (non-hydrogen) atoms. The minimum atomic E-state index is 0.588. The van der Waals surface area contributed by atoms with E-state index < -0.39 is 0 Å². The average molecular weight is 290 g/mol. The Hall–Kier alpha value is -2.39. The summed E-state index contributed by atoms with van der Waals surface area (Å²) in [5.74, 6) is 0.980. The van der Waals surface area contributed by atoms with E-state index >= 15 is 0 Å². The van der Waals surface area contributed by atoms with Crippen LogP contribution in [0.5, 0.6) is 5.75 Å². The van der Waals surface area contributed by atoms with E-state index in [4.69, 9.17) is 4.74 Å². The molecule has 2 nitrogen and oxygen atoms in total. The van der Waals surface area contributed by atoms with Crippen molar-refractivity contribution in [2.75, 3.05) is 0 Å². The first-order valence-corrected chi connectivity index (χ1v) is 7.79. The van der Waals surface area contributed by atoms with Crippen LogP contribution in [-0.2, 0) is 6.73 Å². The van der Waals surface area contributed by atoms with Crippen LogP contribution in [0.3, 0.4) is 0 Å². The van der Waals surface area contributed by atoms with Gasteiger partial charge in [0.2, 0.25) is 5.52 Å². The molecule has 0 fully saturated rings. The summed E-state index contributed by atoms with van der Waals surface area (Å²) >= 11 is 1.84. The van der Waals surface area contributed by atoms with E-state index in [0.29, 0.717) is 6.73 Å². The predicted octanol–water partition coefficient (Wildman–Crippen LogP) is 4.36. The van der Waals surface area contributed by atoms with E-state index in [-0.39, 0.29) is 0 Å². The minimum Gasteiger partial charge on any atom is -0.435 e. The monoisotopic (exact) mass is 290 g/mol. The molecule has 0 saturated carbocycles. The zero-order valence-electron chi connectivity index (χ0n) is 11.2. The van der Waals surface area contributed by atoms with Crippen molar-refractivity contribution in [2.45, 2.75) is 6.73 Å². The summed E-state index contributed by atoms with van der Waals surface area (Å²) in [4.78, 5) is 0. The molecule has 2 heterocycles. The van der Waals surface area contributed by atoms with Crippen molar-refractivity contribution in [1.82, 2.24) is 0 Å². The highest BCUT2D eigenvalue weighted by Gasteiger charge is 2.29. The van der Waals surface area contributed by atoms with Gasteiger partial charge in [0.05, 0.1) is 5.56 Å². The van der Waals surface area contributed by atoms with Crippen LogP contribution in [0.1, 0.15) is 0 Å². The van der Waals surface area contributed by atoms with E-state index in [2.05, 4.69) is 53.1 Å². The Morgan fingerprint density at radius 2 is 1.67 bits per heavy atom. The number of ether oxygens (including phenoxy) is 1. The van der Waals surface area contributed by atoms with Crippen molar-refractivity contribution in [3.05, 3.63) is 60.7 Å². The third-order valence-electron chi connectivity index (χ3n) is 4.04. The van der Waals surface area contributed by atoms with Gasteiger partial charge in [0.1, 0.15) is 10.4 Å². The Balaban J connectivity index is 1.89. The fourth-order valence-electron chi connectivity index (χ4n) is 3.00. The van der Waals surface area contributed by atoms with Gasteiger partial charge in [-0.05, 0) is 29.0 Å². The number of rotatable bonds is 0. The van der Waals surface area contributed by atoms with Crippen LogP contribution in [0.25, 0.3) is 31.6 Å². The van der Waals surface area contributed by atoms with Crippen molar-refractivity contribution in [2.24, 2.45) is 0 Å². The number of para-hydroxylation sites is 1. The summed E-state index contributed by atoms with van der Waals surface area (Å²) < 4.78 is 9.48. The van der Waals surface area contributed by atoms with Crippen molar-refractivity contribution < 1.29 is 9.30 Å². The summed E-state index contributed by atoms with van der Waals surface area (Å²) in [5, 5.41) is 3.84. The first-order valence-electron chi connectivity index (χ1n) is 6.97. The maximum atomic E-state index is 5.90. The first-order chi connectivity index (χ1) is 10.4. The van der Waals surface area contributed by atoms with Gasteiger partial charge >= 0.3 is 0 Å². The fourth-order valence-corrected chi connectivity index (χ4v) is 4.21. The van der Waals surface area contributed by atoms with Gasteiger partial charge in [0, 0.05) is 6.07 Å². The third-order valence-corrected chi connectivity index (χ3v) is 5.22. The number of aromatic nitrogens is 1. The maximum absolute atomic E-state index is 5.90. The lowest BCUT2D eigenvalue weighted by molar-refractivity contribution is -0.689. The van der Waals surface area contributed by atoms with Gasteiger partial charge in [0.25, 0.3) is 11.7 Å². The van der Waals surface area contributed by atoms with Crippen LogP contribution in [0.2, 0.25) is 0 Å². The molecule has 3 aromatic carbocycles. The molecule has 3 heteroatoms. The predicted molar refractivity (Wildman–Crippen MR) is 85.6 cm³/mol. The molecule has 5 rings (SSSR count). The lowest BCUT2D eigenvalue weighted by atomic mass is 10.1. The second-order valence-electron chi connectivity index (χ2n) is 5.27. The van der Waals surface area contributed by atoms with Gasteiger partial charge in [-0.25, -0.2) is 0 Å². The second-order valence-corrected chi connectivity index (χ2v) is 6.30. The topological polar surface area (TPSA) is 13.1 Å². The van der Waals surface area contributed by atoms with Gasteiger partial charge in [-0.1, -0.05) is 47.7 Å².